The third kappa shape index (κ3) is 5.46. The Morgan fingerprint density at radius 3 is 2.00 bits per heavy atom. The Balaban J connectivity index is 0.000000181. The van der Waals surface area contributed by atoms with Gasteiger partial charge >= 0.3 is 0 Å². The maximum absolute atomic E-state index is 4.27. The summed E-state index contributed by atoms with van der Waals surface area (Å²) in [5.41, 5.74) is 1.24. The minimum Gasteiger partial charge on any atom is -0.265 e. The number of halogens is 3. The molecular weight excluding hydrogens is 379 g/mol. The molecule has 0 radical (unpaired) electrons. The van der Waals surface area contributed by atoms with E-state index in [0.29, 0.717) is 0 Å². The van der Waals surface area contributed by atoms with E-state index in [0.717, 1.165) is 14.9 Å². The Bertz CT molecular complexity index is 475. The van der Waals surface area contributed by atoms with Gasteiger partial charge in [0.25, 0.3) is 0 Å². The minimum absolute atomic E-state index is 0. The molecule has 2 heterocycles. The van der Waals surface area contributed by atoms with Gasteiger partial charge in [0.05, 0.1) is 0 Å². The normalized spacial score (nSPS) is 13.0. The van der Waals surface area contributed by atoms with Crippen LogP contribution in [-0.2, 0) is 0 Å². The van der Waals surface area contributed by atoms with Crippen LogP contribution >= 0.6 is 44.3 Å². The second-order valence-electron chi connectivity index (χ2n) is 3.84. The van der Waals surface area contributed by atoms with Crippen molar-refractivity contribution in [2.75, 3.05) is 0 Å². The van der Waals surface area contributed by atoms with E-state index in [9.17, 15) is 0 Å². The Labute approximate surface area is 130 Å². The summed E-state index contributed by atoms with van der Waals surface area (Å²) in [4.78, 5) is 8.09. The van der Waals surface area contributed by atoms with Crippen molar-refractivity contribution in [3.63, 3.8) is 0 Å². The summed E-state index contributed by atoms with van der Waals surface area (Å²) in [6.07, 6.45) is 7.98. The van der Waals surface area contributed by atoms with Crippen molar-refractivity contribution in [2.45, 2.75) is 18.8 Å². The highest BCUT2D eigenvalue weighted by atomic mass is 79.9. The highest BCUT2D eigenvalue weighted by Crippen LogP contribution is 2.39. The Hall–Kier alpha value is -0.450. The monoisotopic (exact) mass is 390 g/mol. The molecule has 1 saturated carbocycles. The van der Waals surface area contributed by atoms with E-state index in [4.69, 9.17) is 0 Å². The molecule has 2 nitrogen and oxygen atoms in total. The maximum atomic E-state index is 4.27. The van der Waals surface area contributed by atoms with Gasteiger partial charge < -0.3 is 0 Å². The SMILES string of the molecule is Brc1ccnc(C2CC2)c1.Brc1ccncc1.Cl. The predicted molar refractivity (Wildman–Crippen MR) is 83.1 cm³/mol. The molecule has 0 aromatic carbocycles. The van der Waals surface area contributed by atoms with Crippen LogP contribution < -0.4 is 0 Å². The molecule has 1 aliphatic rings. The van der Waals surface area contributed by atoms with E-state index >= 15 is 0 Å². The Kier molecular flexibility index (Phi) is 6.82. The second kappa shape index (κ2) is 7.87. The van der Waals surface area contributed by atoms with Crippen LogP contribution in [0, 0.1) is 0 Å². The number of hydrogen-bond acceptors (Lipinski definition) is 2. The second-order valence-corrected chi connectivity index (χ2v) is 5.67. The van der Waals surface area contributed by atoms with E-state index in [2.05, 4.69) is 47.9 Å². The van der Waals surface area contributed by atoms with Gasteiger partial charge in [-0.1, -0.05) is 31.9 Å². The fourth-order valence-corrected chi connectivity index (χ4v) is 1.95. The summed E-state index contributed by atoms with van der Waals surface area (Å²) in [5.74, 6) is 0.762. The summed E-state index contributed by atoms with van der Waals surface area (Å²) in [7, 11) is 0. The maximum Gasteiger partial charge on any atom is 0.0445 e. The van der Waals surface area contributed by atoms with Gasteiger partial charge in [-0.2, -0.15) is 0 Å². The van der Waals surface area contributed by atoms with Crippen LogP contribution in [-0.4, -0.2) is 9.97 Å². The lowest BCUT2D eigenvalue weighted by atomic mass is 10.3. The van der Waals surface area contributed by atoms with Gasteiger partial charge in [-0.15, -0.1) is 12.4 Å². The van der Waals surface area contributed by atoms with Gasteiger partial charge in [-0.05, 0) is 37.1 Å². The number of nitrogens with zero attached hydrogens (tertiary/aromatic N) is 2. The van der Waals surface area contributed by atoms with E-state index < -0.39 is 0 Å². The molecule has 18 heavy (non-hydrogen) atoms. The molecule has 2 aromatic heterocycles. The van der Waals surface area contributed by atoms with Crippen LogP contribution in [0.1, 0.15) is 24.5 Å². The molecule has 0 aliphatic heterocycles. The molecular formula is C13H13Br2ClN2. The lowest BCUT2D eigenvalue weighted by Gasteiger charge is -1.94. The van der Waals surface area contributed by atoms with Gasteiger partial charge in [0.2, 0.25) is 0 Å². The van der Waals surface area contributed by atoms with Crippen LogP contribution in [0.25, 0.3) is 0 Å². The first kappa shape index (κ1) is 15.6. The van der Waals surface area contributed by atoms with E-state index in [1.54, 1.807) is 12.4 Å². The predicted octanol–water partition coefficient (Wildman–Crippen LogP) is 4.99. The van der Waals surface area contributed by atoms with Crippen LogP contribution in [0.15, 0.2) is 51.8 Å². The average Bonchev–Trinajstić information content (AvgIpc) is 3.15. The first-order valence-corrected chi connectivity index (χ1v) is 7.01. The summed E-state index contributed by atoms with van der Waals surface area (Å²) in [6, 6.07) is 7.85. The van der Waals surface area contributed by atoms with Gasteiger partial charge in [0.15, 0.2) is 0 Å². The molecule has 1 aliphatic carbocycles. The number of pyridine rings is 2. The number of hydrogen-bond donors (Lipinski definition) is 0. The van der Waals surface area contributed by atoms with Crippen LogP contribution in [0.2, 0.25) is 0 Å². The minimum atomic E-state index is 0. The third-order valence-corrected chi connectivity index (χ3v) is 3.40. The summed E-state index contributed by atoms with van der Waals surface area (Å²) >= 11 is 6.69. The fourth-order valence-electron chi connectivity index (χ4n) is 1.36. The molecule has 0 atom stereocenters. The zero-order valence-corrected chi connectivity index (χ0v) is 13.6. The van der Waals surface area contributed by atoms with Gasteiger partial charge in [-0.25, -0.2) is 0 Å². The quantitative estimate of drug-likeness (QED) is 0.683. The summed E-state index contributed by atoms with van der Waals surface area (Å²) in [5, 5.41) is 0. The zero-order chi connectivity index (χ0) is 12.1. The van der Waals surface area contributed by atoms with Crippen LogP contribution in [0.5, 0.6) is 0 Å². The molecule has 96 valence electrons. The fraction of sp³-hybridized carbons (Fsp3) is 0.231. The number of aromatic nitrogens is 2. The van der Waals surface area contributed by atoms with Crippen molar-refractivity contribution < 1.29 is 0 Å². The van der Waals surface area contributed by atoms with Crippen LogP contribution in [0.4, 0.5) is 0 Å². The largest absolute Gasteiger partial charge is 0.265 e. The van der Waals surface area contributed by atoms with Gasteiger partial charge in [0, 0.05) is 39.1 Å². The van der Waals surface area contributed by atoms with Gasteiger partial charge in [-0.3, -0.25) is 9.97 Å². The summed E-state index contributed by atoms with van der Waals surface area (Å²) < 4.78 is 2.21. The molecule has 0 unspecified atom stereocenters. The topological polar surface area (TPSA) is 25.8 Å². The molecule has 0 N–H and O–H groups in total. The van der Waals surface area contributed by atoms with E-state index in [-0.39, 0.29) is 12.4 Å². The highest BCUT2D eigenvalue weighted by molar-refractivity contribution is 9.10. The van der Waals surface area contributed by atoms with Crippen molar-refractivity contribution in [3.05, 3.63) is 57.5 Å². The third-order valence-electron chi connectivity index (χ3n) is 2.38. The molecule has 0 amide bonds. The molecule has 2 aromatic rings. The molecule has 0 spiro atoms. The molecule has 5 heteroatoms. The Morgan fingerprint density at radius 1 is 0.944 bits per heavy atom. The van der Waals surface area contributed by atoms with Crippen molar-refractivity contribution in [1.82, 2.24) is 9.97 Å². The van der Waals surface area contributed by atoms with E-state index in [1.165, 1.54) is 18.5 Å². The average molecular weight is 393 g/mol. The molecule has 3 rings (SSSR count). The molecule has 1 fully saturated rings. The van der Waals surface area contributed by atoms with Crippen molar-refractivity contribution in [2.24, 2.45) is 0 Å². The van der Waals surface area contributed by atoms with E-state index in [1.807, 2.05) is 24.4 Å². The number of rotatable bonds is 1. The standard InChI is InChI=1S/C8H8BrN.C5H4BrN.ClH/c9-7-3-4-10-8(5-7)6-1-2-6;6-5-1-3-7-4-2-5;/h3-6H,1-2H2;1-4H;1H. The van der Waals surface area contributed by atoms with Crippen molar-refractivity contribution in [3.8, 4) is 0 Å². The molecule has 0 bridgehead atoms. The smallest absolute Gasteiger partial charge is 0.0445 e. The highest BCUT2D eigenvalue weighted by Gasteiger charge is 2.24. The first-order valence-electron chi connectivity index (χ1n) is 5.42. The van der Waals surface area contributed by atoms with Crippen LogP contribution in [0.3, 0.4) is 0 Å². The van der Waals surface area contributed by atoms with Crippen molar-refractivity contribution in [1.29, 1.82) is 0 Å². The Morgan fingerprint density at radius 2 is 1.56 bits per heavy atom. The first-order chi connectivity index (χ1) is 8.25. The van der Waals surface area contributed by atoms with Crippen molar-refractivity contribution >= 4 is 44.3 Å². The zero-order valence-electron chi connectivity index (χ0n) is 9.59. The molecule has 0 saturated heterocycles. The summed E-state index contributed by atoms with van der Waals surface area (Å²) in [6.45, 7) is 0. The van der Waals surface area contributed by atoms with Gasteiger partial charge in [0.1, 0.15) is 0 Å². The lowest BCUT2D eigenvalue weighted by Crippen LogP contribution is -1.83. The lowest BCUT2D eigenvalue weighted by molar-refractivity contribution is 1.02.